The van der Waals surface area contributed by atoms with Crippen molar-refractivity contribution in [3.63, 3.8) is 0 Å². The van der Waals surface area contributed by atoms with Crippen molar-refractivity contribution < 1.29 is 4.79 Å². The molecule has 1 aromatic carbocycles. The van der Waals surface area contributed by atoms with E-state index in [0.717, 1.165) is 23.4 Å². The lowest BCUT2D eigenvalue weighted by Crippen LogP contribution is -2.32. The predicted molar refractivity (Wildman–Crippen MR) is 71.7 cm³/mol. The summed E-state index contributed by atoms with van der Waals surface area (Å²) in [5, 5.41) is 2.73. The fraction of sp³-hybridized carbons (Fsp3) is 0.214. The number of nitrogens with one attached hydrogen (secondary N) is 1. The topological polar surface area (TPSA) is 29.1 Å². The van der Waals surface area contributed by atoms with Gasteiger partial charge in [0.1, 0.15) is 5.25 Å². The largest absolute Gasteiger partial charge is 0.328 e. The molecule has 0 saturated carbocycles. The minimum absolute atomic E-state index is 0.0492. The smallest absolute Gasteiger partial charge is 0.241 e. The first-order valence-electron chi connectivity index (χ1n) is 5.63. The minimum Gasteiger partial charge on any atom is -0.328 e. The summed E-state index contributed by atoms with van der Waals surface area (Å²) >= 11 is 1.64. The second-order valence-electron chi connectivity index (χ2n) is 4.35. The molecule has 2 aliphatic rings. The maximum atomic E-state index is 11.9. The quantitative estimate of drug-likeness (QED) is 0.821. The summed E-state index contributed by atoms with van der Waals surface area (Å²) in [6.45, 7) is 3.79. The molecule has 0 aromatic heterocycles. The number of amides is 1. The number of thioether (sulfide) groups is 1. The first-order valence-corrected chi connectivity index (χ1v) is 6.68. The van der Waals surface area contributed by atoms with Crippen LogP contribution in [0.5, 0.6) is 0 Å². The van der Waals surface area contributed by atoms with Gasteiger partial charge in [-0.1, -0.05) is 30.9 Å². The fourth-order valence-corrected chi connectivity index (χ4v) is 3.20. The first kappa shape index (κ1) is 10.7. The van der Waals surface area contributed by atoms with Crippen LogP contribution in [0, 0.1) is 0 Å². The third-order valence-corrected chi connectivity index (χ3v) is 4.40. The predicted octanol–water partition coefficient (Wildman–Crippen LogP) is 2.67. The average Bonchev–Trinajstić information content (AvgIpc) is 2.75. The van der Waals surface area contributed by atoms with Gasteiger partial charge in [0.05, 0.1) is 0 Å². The number of benzene rings is 1. The number of hydrogen-bond acceptors (Lipinski definition) is 2. The van der Waals surface area contributed by atoms with E-state index in [0.29, 0.717) is 0 Å². The first-order chi connectivity index (χ1) is 8.24. The molecule has 2 nitrogen and oxygen atoms in total. The Labute approximate surface area is 105 Å². The van der Waals surface area contributed by atoms with Gasteiger partial charge in [0.2, 0.25) is 5.91 Å². The summed E-state index contributed by atoms with van der Waals surface area (Å²) in [5.74, 6) is 0.844. The normalized spacial score (nSPS) is 22.5. The van der Waals surface area contributed by atoms with E-state index in [1.165, 1.54) is 11.1 Å². The zero-order valence-corrected chi connectivity index (χ0v) is 10.2. The molecule has 1 aromatic rings. The maximum Gasteiger partial charge on any atom is 0.241 e. The van der Waals surface area contributed by atoms with E-state index in [4.69, 9.17) is 0 Å². The molecule has 0 spiro atoms. The molecule has 1 amide bonds. The van der Waals surface area contributed by atoms with Crippen LogP contribution in [0.2, 0.25) is 0 Å². The molecular weight excluding hydrogens is 230 g/mol. The van der Waals surface area contributed by atoms with Crippen LogP contribution in [-0.4, -0.2) is 11.7 Å². The summed E-state index contributed by atoms with van der Waals surface area (Å²) in [7, 11) is 0. The summed E-state index contributed by atoms with van der Waals surface area (Å²) in [6.07, 6.45) is 5.30. The lowest BCUT2D eigenvalue weighted by molar-refractivity contribution is -0.120. The fourth-order valence-electron chi connectivity index (χ4n) is 2.21. The van der Waals surface area contributed by atoms with Gasteiger partial charge in [-0.2, -0.15) is 0 Å². The molecule has 3 rings (SSSR count). The van der Waals surface area contributed by atoms with Crippen molar-refractivity contribution in [2.45, 2.75) is 11.7 Å². The highest BCUT2D eigenvalue weighted by molar-refractivity contribution is 8.00. The third-order valence-electron chi connectivity index (χ3n) is 3.07. The molecule has 1 atom stereocenters. The summed E-state index contributed by atoms with van der Waals surface area (Å²) in [4.78, 5) is 11.9. The highest BCUT2D eigenvalue weighted by Gasteiger charge is 2.26. The summed E-state index contributed by atoms with van der Waals surface area (Å²) in [6, 6.07) is 6.32. The van der Waals surface area contributed by atoms with Gasteiger partial charge in [-0.05, 0) is 29.2 Å². The Morgan fingerprint density at radius 1 is 1.41 bits per heavy atom. The second kappa shape index (κ2) is 4.08. The van der Waals surface area contributed by atoms with Crippen molar-refractivity contribution >= 4 is 23.7 Å². The van der Waals surface area contributed by atoms with Crippen LogP contribution < -0.4 is 5.32 Å². The van der Waals surface area contributed by atoms with E-state index >= 15 is 0 Å². The van der Waals surface area contributed by atoms with E-state index < -0.39 is 0 Å². The van der Waals surface area contributed by atoms with Gasteiger partial charge in [0, 0.05) is 11.4 Å². The van der Waals surface area contributed by atoms with Gasteiger partial charge in [0.25, 0.3) is 0 Å². The Morgan fingerprint density at radius 2 is 2.29 bits per heavy atom. The van der Waals surface area contributed by atoms with E-state index in [1.54, 1.807) is 11.8 Å². The monoisotopic (exact) mass is 243 g/mol. The Balaban J connectivity index is 1.91. The van der Waals surface area contributed by atoms with Crippen molar-refractivity contribution in [1.82, 2.24) is 5.32 Å². The number of hydrogen-bond donors (Lipinski definition) is 1. The molecule has 17 heavy (non-hydrogen) atoms. The molecule has 1 unspecified atom stereocenters. The highest BCUT2D eigenvalue weighted by atomic mass is 32.2. The number of allylic oxidation sites excluding steroid dienone is 1. The Hall–Kier alpha value is -1.48. The van der Waals surface area contributed by atoms with E-state index in [2.05, 4.69) is 42.2 Å². The van der Waals surface area contributed by atoms with Crippen LogP contribution in [0.25, 0.3) is 6.08 Å². The minimum atomic E-state index is -0.0974. The lowest BCUT2D eigenvalue weighted by Gasteiger charge is -2.23. The van der Waals surface area contributed by atoms with E-state index in [9.17, 15) is 4.79 Å². The van der Waals surface area contributed by atoms with Gasteiger partial charge >= 0.3 is 0 Å². The van der Waals surface area contributed by atoms with Crippen LogP contribution in [0.1, 0.15) is 21.9 Å². The molecule has 0 radical (unpaired) electrons. The highest BCUT2D eigenvalue weighted by Crippen LogP contribution is 2.35. The van der Waals surface area contributed by atoms with E-state index in [1.807, 2.05) is 0 Å². The van der Waals surface area contributed by atoms with Crippen molar-refractivity contribution in [2.75, 3.05) is 5.75 Å². The van der Waals surface area contributed by atoms with Gasteiger partial charge in [-0.15, -0.1) is 11.8 Å². The molecule has 1 N–H and O–H groups in total. The van der Waals surface area contributed by atoms with Crippen LogP contribution in [0.4, 0.5) is 0 Å². The molecule has 1 aliphatic heterocycles. The Kier molecular flexibility index (Phi) is 2.56. The standard InChI is InChI=1S/C14H13NOS/c1-9-8-17-13(14(16)15-9)12-6-5-10-3-2-4-11(10)7-12/h2,4-7,13H,1,3,8H2,(H,15,16). The van der Waals surface area contributed by atoms with Gasteiger partial charge in [-0.25, -0.2) is 0 Å². The molecule has 1 aliphatic carbocycles. The van der Waals surface area contributed by atoms with Gasteiger partial charge in [-0.3, -0.25) is 4.79 Å². The molecule has 86 valence electrons. The zero-order chi connectivity index (χ0) is 11.8. The second-order valence-corrected chi connectivity index (χ2v) is 5.44. The molecule has 1 saturated heterocycles. The van der Waals surface area contributed by atoms with Gasteiger partial charge in [0.15, 0.2) is 0 Å². The summed E-state index contributed by atoms with van der Waals surface area (Å²) < 4.78 is 0. The molecule has 0 bridgehead atoms. The van der Waals surface area contributed by atoms with Crippen molar-refractivity contribution in [3.8, 4) is 0 Å². The summed E-state index contributed by atoms with van der Waals surface area (Å²) in [5.41, 5.74) is 4.49. The van der Waals surface area contributed by atoms with Crippen molar-refractivity contribution in [2.24, 2.45) is 0 Å². The number of rotatable bonds is 1. The molecule has 1 fully saturated rings. The van der Waals surface area contributed by atoms with E-state index in [-0.39, 0.29) is 11.2 Å². The Morgan fingerprint density at radius 3 is 3.12 bits per heavy atom. The maximum absolute atomic E-state index is 11.9. The SMILES string of the molecule is C=C1CSC(c2ccc3c(c2)C=CC3)C(=O)N1. The van der Waals surface area contributed by atoms with Gasteiger partial charge < -0.3 is 5.32 Å². The molecule has 3 heteroatoms. The number of carbonyl (C=O) groups excluding carboxylic acids is 1. The van der Waals surface area contributed by atoms with Crippen molar-refractivity contribution in [1.29, 1.82) is 0 Å². The Bertz CT molecular complexity index is 533. The number of fused-ring (bicyclic) bond motifs is 1. The molecule has 1 heterocycles. The van der Waals surface area contributed by atoms with Crippen LogP contribution in [0.15, 0.2) is 36.6 Å². The van der Waals surface area contributed by atoms with Crippen molar-refractivity contribution in [3.05, 3.63) is 53.2 Å². The average molecular weight is 243 g/mol. The van der Waals surface area contributed by atoms with Crippen LogP contribution in [-0.2, 0) is 11.2 Å². The molecular formula is C14H13NOS. The van der Waals surface area contributed by atoms with Crippen LogP contribution >= 0.6 is 11.8 Å². The number of carbonyl (C=O) groups is 1. The third kappa shape index (κ3) is 1.91. The van der Waals surface area contributed by atoms with Crippen LogP contribution in [0.3, 0.4) is 0 Å². The zero-order valence-electron chi connectivity index (χ0n) is 9.40. The lowest BCUT2D eigenvalue weighted by atomic mass is 10.0.